The van der Waals surface area contributed by atoms with Crippen LogP contribution in [0.1, 0.15) is 29.6 Å². The van der Waals surface area contributed by atoms with Gasteiger partial charge in [-0.1, -0.05) is 0 Å². The number of amides is 1. The third-order valence-electron chi connectivity index (χ3n) is 3.38. The zero-order chi connectivity index (χ0) is 14.7. The molecule has 0 spiro atoms. The smallest absolute Gasteiger partial charge is 0.223 e. The van der Waals surface area contributed by atoms with Crippen LogP contribution in [0.4, 0.5) is 8.78 Å². The van der Waals surface area contributed by atoms with E-state index in [0.717, 1.165) is 18.6 Å². The minimum Gasteiger partial charge on any atom is -0.341 e. The second-order valence-electron chi connectivity index (χ2n) is 4.94. The molecule has 4 nitrogen and oxygen atoms in total. The summed E-state index contributed by atoms with van der Waals surface area (Å²) < 4.78 is 25.8. The number of benzene rings is 1. The van der Waals surface area contributed by atoms with Crippen molar-refractivity contribution >= 4 is 11.7 Å². The fourth-order valence-electron chi connectivity index (χ4n) is 2.21. The molecular formula is C14H16F2N2O2. The van der Waals surface area contributed by atoms with Crippen LogP contribution in [-0.4, -0.2) is 35.7 Å². The van der Waals surface area contributed by atoms with Gasteiger partial charge in [-0.25, -0.2) is 8.78 Å². The first kappa shape index (κ1) is 14.6. The number of nitrogens with two attached hydrogens (primary N) is 1. The summed E-state index contributed by atoms with van der Waals surface area (Å²) in [7, 11) is 0. The van der Waals surface area contributed by atoms with Crippen molar-refractivity contribution < 1.29 is 18.4 Å². The van der Waals surface area contributed by atoms with Gasteiger partial charge in [-0.3, -0.25) is 9.59 Å². The Morgan fingerprint density at radius 3 is 2.60 bits per heavy atom. The zero-order valence-electron chi connectivity index (χ0n) is 10.9. The van der Waals surface area contributed by atoms with Gasteiger partial charge in [0.15, 0.2) is 17.4 Å². The summed E-state index contributed by atoms with van der Waals surface area (Å²) >= 11 is 0. The number of likely N-dealkylation sites (tertiary alicyclic amines) is 1. The Balaban J connectivity index is 1.88. The number of Topliss-reactive ketones (excluding diaryl/α,β-unsaturated/α-hetero) is 1. The van der Waals surface area contributed by atoms with Crippen molar-refractivity contribution in [3.63, 3.8) is 0 Å². The Hall–Kier alpha value is -1.82. The third kappa shape index (κ3) is 3.39. The molecule has 1 saturated heterocycles. The normalized spacial score (nSPS) is 18.4. The van der Waals surface area contributed by atoms with Crippen molar-refractivity contribution in [2.75, 3.05) is 13.1 Å². The number of hydrogen-bond acceptors (Lipinski definition) is 3. The van der Waals surface area contributed by atoms with E-state index >= 15 is 0 Å². The summed E-state index contributed by atoms with van der Waals surface area (Å²) in [6, 6.07) is 2.98. The number of ketones is 1. The zero-order valence-corrected chi connectivity index (χ0v) is 10.9. The van der Waals surface area contributed by atoms with E-state index in [1.165, 1.54) is 6.07 Å². The molecule has 1 aliphatic heterocycles. The van der Waals surface area contributed by atoms with Crippen molar-refractivity contribution in [2.24, 2.45) is 5.73 Å². The summed E-state index contributed by atoms with van der Waals surface area (Å²) in [5.41, 5.74) is 5.78. The van der Waals surface area contributed by atoms with E-state index in [-0.39, 0.29) is 36.1 Å². The van der Waals surface area contributed by atoms with Gasteiger partial charge in [0.2, 0.25) is 5.91 Å². The molecule has 2 N–H and O–H groups in total. The van der Waals surface area contributed by atoms with Crippen molar-refractivity contribution in [3.8, 4) is 0 Å². The highest BCUT2D eigenvalue weighted by Gasteiger charge is 2.23. The molecular weight excluding hydrogens is 266 g/mol. The lowest BCUT2D eigenvalue weighted by atomic mass is 10.1. The lowest BCUT2D eigenvalue weighted by Crippen LogP contribution is -2.32. The van der Waals surface area contributed by atoms with Crippen LogP contribution in [0.5, 0.6) is 0 Å². The van der Waals surface area contributed by atoms with Crippen molar-refractivity contribution in [1.82, 2.24) is 4.90 Å². The molecule has 1 aromatic rings. The Labute approximate surface area is 115 Å². The lowest BCUT2D eigenvalue weighted by molar-refractivity contribution is -0.130. The quantitative estimate of drug-likeness (QED) is 0.851. The molecule has 0 bridgehead atoms. The van der Waals surface area contributed by atoms with Gasteiger partial charge in [0, 0.05) is 37.5 Å². The first-order chi connectivity index (χ1) is 9.47. The second kappa shape index (κ2) is 6.09. The van der Waals surface area contributed by atoms with Crippen LogP contribution in [-0.2, 0) is 4.79 Å². The van der Waals surface area contributed by atoms with Gasteiger partial charge in [0.1, 0.15) is 0 Å². The predicted molar refractivity (Wildman–Crippen MR) is 69.1 cm³/mol. The molecule has 0 saturated carbocycles. The van der Waals surface area contributed by atoms with Gasteiger partial charge < -0.3 is 10.6 Å². The molecule has 6 heteroatoms. The van der Waals surface area contributed by atoms with E-state index in [1.54, 1.807) is 4.90 Å². The van der Waals surface area contributed by atoms with Gasteiger partial charge in [-0.15, -0.1) is 0 Å². The Morgan fingerprint density at radius 2 is 2.00 bits per heavy atom. The van der Waals surface area contributed by atoms with Crippen LogP contribution in [0, 0.1) is 11.6 Å². The molecule has 20 heavy (non-hydrogen) atoms. The molecule has 1 aromatic carbocycles. The van der Waals surface area contributed by atoms with E-state index in [1.807, 2.05) is 0 Å². The first-order valence-electron chi connectivity index (χ1n) is 6.49. The summed E-state index contributed by atoms with van der Waals surface area (Å²) in [6.45, 7) is 1.12. The summed E-state index contributed by atoms with van der Waals surface area (Å²) in [6.07, 6.45) is 0.809. The molecule has 0 unspecified atom stereocenters. The standard InChI is InChI=1S/C14H16F2N2O2/c15-11-2-1-9(7-12(11)16)13(19)3-4-14(20)18-6-5-10(17)8-18/h1-2,7,10H,3-6,8,17H2/t10-/m1/s1. The summed E-state index contributed by atoms with van der Waals surface area (Å²) in [5.74, 6) is -2.56. The van der Waals surface area contributed by atoms with Crippen molar-refractivity contribution in [3.05, 3.63) is 35.4 Å². The van der Waals surface area contributed by atoms with Crippen LogP contribution < -0.4 is 5.73 Å². The number of carbonyl (C=O) groups excluding carboxylic acids is 2. The van der Waals surface area contributed by atoms with E-state index in [0.29, 0.717) is 13.1 Å². The number of halogens is 2. The van der Waals surface area contributed by atoms with Crippen molar-refractivity contribution in [1.29, 1.82) is 0 Å². The lowest BCUT2D eigenvalue weighted by Gasteiger charge is -2.15. The molecule has 1 fully saturated rings. The van der Waals surface area contributed by atoms with E-state index in [9.17, 15) is 18.4 Å². The van der Waals surface area contributed by atoms with Gasteiger partial charge in [0.05, 0.1) is 0 Å². The monoisotopic (exact) mass is 282 g/mol. The van der Waals surface area contributed by atoms with Crippen LogP contribution in [0.3, 0.4) is 0 Å². The van der Waals surface area contributed by atoms with Gasteiger partial charge in [-0.05, 0) is 24.6 Å². The number of carbonyl (C=O) groups is 2. The topological polar surface area (TPSA) is 63.4 Å². The molecule has 0 aromatic heterocycles. The average molecular weight is 282 g/mol. The minimum absolute atomic E-state index is 0.000783. The predicted octanol–water partition coefficient (Wildman–Crippen LogP) is 1.49. The Morgan fingerprint density at radius 1 is 1.25 bits per heavy atom. The van der Waals surface area contributed by atoms with Gasteiger partial charge in [0.25, 0.3) is 0 Å². The van der Waals surface area contributed by atoms with Crippen molar-refractivity contribution in [2.45, 2.75) is 25.3 Å². The number of rotatable bonds is 4. The van der Waals surface area contributed by atoms with Gasteiger partial charge in [-0.2, -0.15) is 0 Å². The van der Waals surface area contributed by atoms with E-state index in [4.69, 9.17) is 5.73 Å². The SMILES string of the molecule is N[C@@H]1CCN(C(=O)CCC(=O)c2ccc(F)c(F)c2)C1. The largest absolute Gasteiger partial charge is 0.341 e. The highest BCUT2D eigenvalue weighted by molar-refractivity contribution is 5.97. The number of nitrogens with zero attached hydrogens (tertiary/aromatic N) is 1. The first-order valence-corrected chi connectivity index (χ1v) is 6.49. The fourth-order valence-corrected chi connectivity index (χ4v) is 2.21. The Kier molecular flexibility index (Phi) is 4.44. The third-order valence-corrected chi connectivity index (χ3v) is 3.38. The summed E-state index contributed by atoms with van der Waals surface area (Å²) in [5, 5.41) is 0. The van der Waals surface area contributed by atoms with Crippen LogP contribution in [0.2, 0.25) is 0 Å². The number of hydrogen-bond donors (Lipinski definition) is 1. The fraction of sp³-hybridized carbons (Fsp3) is 0.429. The van der Waals surface area contributed by atoms with Gasteiger partial charge >= 0.3 is 0 Å². The molecule has 108 valence electrons. The van der Waals surface area contributed by atoms with Crippen LogP contribution in [0.15, 0.2) is 18.2 Å². The van der Waals surface area contributed by atoms with Crippen LogP contribution >= 0.6 is 0 Å². The van der Waals surface area contributed by atoms with E-state index < -0.39 is 11.6 Å². The average Bonchev–Trinajstić information content (AvgIpc) is 2.85. The molecule has 0 radical (unpaired) electrons. The molecule has 1 heterocycles. The molecule has 1 atom stereocenters. The highest BCUT2D eigenvalue weighted by atomic mass is 19.2. The van der Waals surface area contributed by atoms with Crippen LogP contribution in [0.25, 0.3) is 0 Å². The molecule has 2 rings (SSSR count). The molecule has 0 aliphatic carbocycles. The minimum atomic E-state index is -1.06. The second-order valence-corrected chi connectivity index (χ2v) is 4.94. The molecule has 1 amide bonds. The highest BCUT2D eigenvalue weighted by Crippen LogP contribution is 2.14. The maximum Gasteiger partial charge on any atom is 0.223 e. The van der Waals surface area contributed by atoms with E-state index in [2.05, 4.69) is 0 Å². The maximum atomic E-state index is 13.0. The Bertz CT molecular complexity index is 534. The maximum absolute atomic E-state index is 13.0. The molecule has 1 aliphatic rings. The summed E-state index contributed by atoms with van der Waals surface area (Å²) in [4.78, 5) is 25.3.